The molecular weight excluding hydrogens is 377 g/mol. The van der Waals surface area contributed by atoms with Crippen LogP contribution in [0.2, 0.25) is 0 Å². The van der Waals surface area contributed by atoms with Gasteiger partial charge >= 0.3 is 5.97 Å². The number of hydrogen-bond acceptors (Lipinski definition) is 2. The Morgan fingerprint density at radius 3 is 2.55 bits per heavy atom. The van der Waals surface area contributed by atoms with E-state index in [0.29, 0.717) is 12.0 Å². The Morgan fingerprint density at radius 1 is 1.40 bits per heavy atom. The lowest BCUT2D eigenvalue weighted by atomic mass is 9.84. The number of hydrogen-bond donors (Lipinski definition) is 0. The molecule has 1 rings (SSSR count). The number of carbonyl (C=O) groups is 1. The maximum absolute atomic E-state index is 13.4. The maximum Gasteiger partial charge on any atom is 0.323 e. The van der Waals surface area contributed by atoms with Crippen LogP contribution in [-0.4, -0.2) is 11.9 Å². The van der Waals surface area contributed by atoms with Crippen LogP contribution in [0.3, 0.4) is 0 Å². The topological polar surface area (TPSA) is 26.3 Å². The van der Waals surface area contributed by atoms with Crippen LogP contribution in [0.15, 0.2) is 49.1 Å². The summed E-state index contributed by atoms with van der Waals surface area (Å²) >= 11 is 1.49. The standard InChI is InChI=1S/C15H17F2IO2/c1-3-5-6-7-11(4-2)13(14(19)20-18)12-8-9-15(16,17)10-12/h3-7,12-13H,1-2,8-10H2/b6-5-,11-7+. The molecule has 0 N–H and O–H groups in total. The molecule has 1 saturated carbocycles. The molecule has 0 amide bonds. The first kappa shape index (κ1) is 17.1. The van der Waals surface area contributed by atoms with E-state index in [2.05, 4.69) is 13.2 Å². The van der Waals surface area contributed by atoms with E-state index in [1.807, 2.05) is 0 Å². The summed E-state index contributed by atoms with van der Waals surface area (Å²) in [6.07, 6.45) is 8.01. The Bertz CT molecular complexity index is 441. The molecule has 0 spiro atoms. The van der Waals surface area contributed by atoms with Crippen LogP contribution in [0.25, 0.3) is 0 Å². The molecule has 2 unspecified atom stereocenters. The molecule has 5 heteroatoms. The summed E-state index contributed by atoms with van der Waals surface area (Å²) in [7, 11) is 0. The first-order chi connectivity index (χ1) is 9.45. The van der Waals surface area contributed by atoms with Crippen LogP contribution in [0.5, 0.6) is 0 Å². The molecular formula is C15H17F2IO2. The van der Waals surface area contributed by atoms with Crippen LogP contribution in [0.4, 0.5) is 8.78 Å². The fraction of sp³-hybridized carbons (Fsp3) is 0.400. The Hall–Kier alpha value is -0.980. The zero-order valence-corrected chi connectivity index (χ0v) is 13.2. The molecule has 110 valence electrons. The summed E-state index contributed by atoms with van der Waals surface area (Å²) in [6.45, 7) is 7.20. The van der Waals surface area contributed by atoms with Gasteiger partial charge in [-0.25, -0.2) is 8.78 Å². The fourth-order valence-electron chi connectivity index (χ4n) is 2.46. The molecule has 0 heterocycles. The van der Waals surface area contributed by atoms with Crippen LogP contribution in [-0.2, 0) is 7.86 Å². The molecule has 0 bridgehead atoms. The van der Waals surface area contributed by atoms with Gasteiger partial charge in [0.05, 0.1) is 5.92 Å². The zero-order chi connectivity index (χ0) is 15.2. The van der Waals surface area contributed by atoms with Crippen molar-refractivity contribution in [3.63, 3.8) is 0 Å². The fourth-order valence-corrected chi connectivity index (χ4v) is 2.74. The SMILES string of the molecule is C=C/C=C\C=C(/C=C)C(C(=O)OI)C1CCC(F)(F)C1. The lowest BCUT2D eigenvalue weighted by molar-refractivity contribution is -0.136. The van der Waals surface area contributed by atoms with Gasteiger partial charge in [-0.15, -0.1) is 0 Å². The minimum absolute atomic E-state index is 0.185. The third-order valence-corrected chi connectivity index (χ3v) is 3.81. The normalized spacial score (nSPS) is 23.6. The van der Waals surface area contributed by atoms with Crippen molar-refractivity contribution in [1.82, 2.24) is 0 Å². The summed E-state index contributed by atoms with van der Waals surface area (Å²) in [6, 6.07) is 0. The highest BCUT2D eigenvalue weighted by Gasteiger charge is 2.45. The van der Waals surface area contributed by atoms with Gasteiger partial charge in [0.1, 0.15) is 0 Å². The molecule has 0 saturated heterocycles. The van der Waals surface area contributed by atoms with Gasteiger partial charge in [0.25, 0.3) is 0 Å². The molecule has 0 aromatic rings. The number of allylic oxidation sites excluding steroid dienone is 5. The van der Waals surface area contributed by atoms with Gasteiger partial charge in [0, 0.05) is 12.8 Å². The van der Waals surface area contributed by atoms with Crippen molar-refractivity contribution >= 4 is 29.0 Å². The van der Waals surface area contributed by atoms with Gasteiger partial charge in [-0.2, -0.15) is 0 Å². The van der Waals surface area contributed by atoms with Crippen LogP contribution in [0.1, 0.15) is 19.3 Å². The molecule has 2 nitrogen and oxygen atoms in total. The predicted molar refractivity (Wildman–Crippen MR) is 83.5 cm³/mol. The van der Waals surface area contributed by atoms with Crippen molar-refractivity contribution in [3.05, 3.63) is 49.1 Å². The second-order valence-corrected chi connectivity index (χ2v) is 5.16. The van der Waals surface area contributed by atoms with Gasteiger partial charge in [0.2, 0.25) is 5.92 Å². The molecule has 0 aromatic heterocycles. The highest BCUT2D eigenvalue weighted by Crippen LogP contribution is 2.44. The van der Waals surface area contributed by atoms with Crippen molar-refractivity contribution in [3.8, 4) is 0 Å². The van der Waals surface area contributed by atoms with E-state index in [-0.39, 0.29) is 12.8 Å². The summed E-state index contributed by atoms with van der Waals surface area (Å²) in [4.78, 5) is 11.9. The van der Waals surface area contributed by atoms with Crippen molar-refractivity contribution in [2.24, 2.45) is 11.8 Å². The molecule has 1 fully saturated rings. The second kappa shape index (κ2) is 7.71. The molecule has 2 atom stereocenters. The predicted octanol–water partition coefficient (Wildman–Crippen LogP) is 4.79. The largest absolute Gasteiger partial charge is 0.394 e. The first-order valence-electron chi connectivity index (χ1n) is 6.27. The summed E-state index contributed by atoms with van der Waals surface area (Å²) in [5.41, 5.74) is 0.590. The van der Waals surface area contributed by atoms with Gasteiger partial charge in [-0.3, -0.25) is 4.79 Å². The first-order valence-corrected chi connectivity index (χ1v) is 7.15. The van der Waals surface area contributed by atoms with Crippen molar-refractivity contribution in [1.29, 1.82) is 0 Å². The molecule has 0 aliphatic heterocycles. The van der Waals surface area contributed by atoms with Crippen LogP contribution >= 0.6 is 23.0 Å². The molecule has 0 aromatic carbocycles. The van der Waals surface area contributed by atoms with Gasteiger partial charge < -0.3 is 3.07 Å². The summed E-state index contributed by atoms with van der Waals surface area (Å²) < 4.78 is 31.5. The molecule has 20 heavy (non-hydrogen) atoms. The second-order valence-electron chi connectivity index (χ2n) is 4.72. The minimum atomic E-state index is -2.70. The smallest absolute Gasteiger partial charge is 0.323 e. The lowest BCUT2D eigenvalue weighted by Gasteiger charge is -2.21. The lowest BCUT2D eigenvalue weighted by Crippen LogP contribution is -2.25. The van der Waals surface area contributed by atoms with Gasteiger partial charge in [0.15, 0.2) is 23.0 Å². The third-order valence-electron chi connectivity index (χ3n) is 3.37. The van der Waals surface area contributed by atoms with E-state index < -0.39 is 23.7 Å². The Labute approximate surface area is 132 Å². The average molecular weight is 394 g/mol. The third kappa shape index (κ3) is 4.54. The van der Waals surface area contributed by atoms with E-state index in [0.717, 1.165) is 0 Å². The average Bonchev–Trinajstić information content (AvgIpc) is 2.77. The minimum Gasteiger partial charge on any atom is -0.394 e. The van der Waals surface area contributed by atoms with Crippen LogP contribution in [0, 0.1) is 11.8 Å². The zero-order valence-electron chi connectivity index (χ0n) is 11.0. The monoisotopic (exact) mass is 394 g/mol. The Kier molecular flexibility index (Phi) is 6.58. The maximum atomic E-state index is 13.4. The van der Waals surface area contributed by atoms with E-state index in [1.54, 1.807) is 24.3 Å². The van der Waals surface area contributed by atoms with Gasteiger partial charge in [-0.1, -0.05) is 43.5 Å². The number of halogens is 3. The van der Waals surface area contributed by atoms with Crippen molar-refractivity contribution in [2.75, 3.05) is 0 Å². The van der Waals surface area contributed by atoms with Crippen LogP contribution < -0.4 is 0 Å². The summed E-state index contributed by atoms with van der Waals surface area (Å²) in [5, 5.41) is 0. The Morgan fingerprint density at radius 2 is 2.10 bits per heavy atom. The van der Waals surface area contributed by atoms with E-state index in [9.17, 15) is 13.6 Å². The highest BCUT2D eigenvalue weighted by atomic mass is 127. The van der Waals surface area contributed by atoms with Crippen molar-refractivity contribution < 1.29 is 16.6 Å². The van der Waals surface area contributed by atoms with E-state index >= 15 is 0 Å². The molecule has 1 aliphatic carbocycles. The number of rotatable bonds is 6. The summed E-state index contributed by atoms with van der Waals surface area (Å²) in [5.74, 6) is -4.33. The van der Waals surface area contributed by atoms with Gasteiger partial charge in [-0.05, 0) is 17.9 Å². The van der Waals surface area contributed by atoms with E-state index in [1.165, 1.54) is 29.1 Å². The number of alkyl halides is 2. The molecule has 0 radical (unpaired) electrons. The van der Waals surface area contributed by atoms with E-state index in [4.69, 9.17) is 3.07 Å². The van der Waals surface area contributed by atoms with Crippen molar-refractivity contribution in [2.45, 2.75) is 25.2 Å². The molecule has 1 aliphatic rings. The number of carbonyl (C=O) groups excluding carboxylic acids is 1. The Balaban J connectivity index is 3.02. The highest BCUT2D eigenvalue weighted by molar-refractivity contribution is 14.1. The quantitative estimate of drug-likeness (QED) is 0.479.